The molecule has 0 bridgehead atoms. The highest BCUT2D eigenvalue weighted by molar-refractivity contribution is 9.10. The number of hydrogen-bond donors (Lipinski definition) is 1. The Balaban J connectivity index is 1.78. The highest BCUT2D eigenvalue weighted by Crippen LogP contribution is 2.17. The van der Waals surface area contributed by atoms with E-state index in [1.807, 2.05) is 12.1 Å². The third kappa shape index (κ3) is 3.68. The summed E-state index contributed by atoms with van der Waals surface area (Å²) in [5, 5.41) is 3.29. The van der Waals surface area contributed by atoms with Gasteiger partial charge in [0.15, 0.2) is 0 Å². The van der Waals surface area contributed by atoms with Gasteiger partial charge in [-0.1, -0.05) is 22.0 Å². The fraction of sp³-hybridized carbons (Fsp3) is 0.231. The van der Waals surface area contributed by atoms with Crippen molar-refractivity contribution in [2.75, 3.05) is 6.54 Å². The third-order valence-electron chi connectivity index (χ3n) is 2.46. The molecule has 2 rings (SSSR count). The van der Waals surface area contributed by atoms with Gasteiger partial charge >= 0.3 is 0 Å². The Morgan fingerprint density at radius 3 is 2.88 bits per heavy atom. The molecule has 0 radical (unpaired) electrons. The lowest BCUT2D eigenvalue weighted by molar-refractivity contribution is 0.498. The summed E-state index contributed by atoms with van der Waals surface area (Å²) < 4.78 is 18.9. The second kappa shape index (κ2) is 5.98. The van der Waals surface area contributed by atoms with Gasteiger partial charge in [0.05, 0.1) is 6.26 Å². The summed E-state index contributed by atoms with van der Waals surface area (Å²) >= 11 is 3.34. The molecule has 0 saturated carbocycles. The molecule has 0 aliphatic heterocycles. The second-order valence-corrected chi connectivity index (χ2v) is 4.60. The molecule has 0 unspecified atom stereocenters. The molecule has 1 aromatic heterocycles. The fourth-order valence-corrected chi connectivity index (χ4v) is 2.05. The molecule has 0 fully saturated rings. The summed E-state index contributed by atoms with van der Waals surface area (Å²) in [4.78, 5) is 0. The zero-order chi connectivity index (χ0) is 12.1. The Morgan fingerprint density at radius 1 is 1.29 bits per heavy atom. The van der Waals surface area contributed by atoms with Gasteiger partial charge in [0, 0.05) is 24.0 Å². The van der Waals surface area contributed by atoms with Gasteiger partial charge < -0.3 is 9.73 Å². The van der Waals surface area contributed by atoms with Crippen LogP contribution in [0, 0.1) is 5.82 Å². The maximum absolute atomic E-state index is 12.9. The van der Waals surface area contributed by atoms with E-state index in [1.54, 1.807) is 12.3 Å². The van der Waals surface area contributed by atoms with Gasteiger partial charge in [0.1, 0.15) is 11.6 Å². The molecule has 1 heterocycles. The van der Waals surface area contributed by atoms with Crippen LogP contribution in [0.2, 0.25) is 0 Å². The van der Waals surface area contributed by atoms with E-state index in [-0.39, 0.29) is 5.82 Å². The van der Waals surface area contributed by atoms with Gasteiger partial charge in [0.25, 0.3) is 0 Å². The van der Waals surface area contributed by atoms with E-state index >= 15 is 0 Å². The van der Waals surface area contributed by atoms with E-state index in [0.717, 1.165) is 28.8 Å². The van der Waals surface area contributed by atoms with Crippen LogP contribution in [0.3, 0.4) is 0 Å². The van der Waals surface area contributed by atoms with Gasteiger partial charge in [0.2, 0.25) is 0 Å². The van der Waals surface area contributed by atoms with Crippen molar-refractivity contribution in [1.29, 1.82) is 0 Å². The van der Waals surface area contributed by atoms with Crippen LogP contribution >= 0.6 is 15.9 Å². The molecule has 1 N–H and O–H groups in total. The summed E-state index contributed by atoms with van der Waals surface area (Å²) in [6.45, 7) is 1.54. The molecule has 90 valence electrons. The van der Waals surface area contributed by atoms with E-state index < -0.39 is 0 Å². The van der Waals surface area contributed by atoms with Gasteiger partial charge in [-0.2, -0.15) is 0 Å². The van der Waals surface area contributed by atoms with Gasteiger partial charge in [-0.05, 0) is 29.8 Å². The molecule has 2 nitrogen and oxygen atoms in total. The average molecular weight is 298 g/mol. The largest absolute Gasteiger partial charge is 0.469 e. The fourth-order valence-electron chi connectivity index (χ4n) is 1.55. The number of halogens is 2. The lowest BCUT2D eigenvalue weighted by Gasteiger charge is -2.06. The van der Waals surface area contributed by atoms with Crippen LogP contribution in [0.1, 0.15) is 11.3 Å². The van der Waals surface area contributed by atoms with Crippen molar-refractivity contribution in [1.82, 2.24) is 5.32 Å². The van der Waals surface area contributed by atoms with Crippen LogP contribution in [-0.2, 0) is 13.0 Å². The minimum atomic E-state index is -0.226. The molecule has 0 atom stereocenters. The standard InChI is InChI=1S/C13H13BrFNO/c14-13-8-11(15)4-3-10(13)9-16-6-5-12-2-1-7-17-12/h1-4,7-8,16H,5-6,9H2. The Bertz CT molecular complexity index is 470. The van der Waals surface area contributed by atoms with Crippen LogP contribution in [-0.4, -0.2) is 6.54 Å². The molecule has 1 aromatic carbocycles. The van der Waals surface area contributed by atoms with Gasteiger partial charge in [-0.15, -0.1) is 0 Å². The average Bonchev–Trinajstić information content (AvgIpc) is 2.79. The highest BCUT2D eigenvalue weighted by Gasteiger charge is 2.01. The molecule has 0 amide bonds. The second-order valence-electron chi connectivity index (χ2n) is 3.74. The molecular formula is C13H13BrFNO. The maximum Gasteiger partial charge on any atom is 0.124 e. The molecular weight excluding hydrogens is 285 g/mol. The van der Waals surface area contributed by atoms with Crippen molar-refractivity contribution in [3.05, 3.63) is 58.2 Å². The maximum atomic E-state index is 12.9. The first-order valence-corrected chi connectivity index (χ1v) is 6.22. The van der Waals surface area contributed by atoms with E-state index in [2.05, 4.69) is 21.2 Å². The number of nitrogens with one attached hydrogen (secondary N) is 1. The number of benzene rings is 1. The Morgan fingerprint density at radius 2 is 2.18 bits per heavy atom. The Kier molecular flexibility index (Phi) is 4.34. The molecule has 4 heteroatoms. The van der Waals surface area contributed by atoms with E-state index in [4.69, 9.17) is 4.42 Å². The lowest BCUT2D eigenvalue weighted by Crippen LogP contribution is -2.16. The first-order valence-electron chi connectivity index (χ1n) is 5.43. The molecule has 0 saturated heterocycles. The van der Waals surface area contributed by atoms with Crippen LogP contribution in [0.4, 0.5) is 4.39 Å². The van der Waals surface area contributed by atoms with Gasteiger partial charge in [-0.3, -0.25) is 0 Å². The Labute approximate surface area is 108 Å². The molecule has 0 spiro atoms. The smallest absolute Gasteiger partial charge is 0.124 e. The third-order valence-corrected chi connectivity index (χ3v) is 3.20. The minimum Gasteiger partial charge on any atom is -0.469 e. The molecule has 17 heavy (non-hydrogen) atoms. The highest BCUT2D eigenvalue weighted by atomic mass is 79.9. The minimum absolute atomic E-state index is 0.226. The van der Waals surface area contributed by atoms with Crippen molar-refractivity contribution in [2.45, 2.75) is 13.0 Å². The van der Waals surface area contributed by atoms with Crippen molar-refractivity contribution in [2.24, 2.45) is 0 Å². The van der Waals surface area contributed by atoms with Crippen molar-refractivity contribution < 1.29 is 8.81 Å². The predicted molar refractivity (Wildman–Crippen MR) is 68.2 cm³/mol. The topological polar surface area (TPSA) is 25.2 Å². The van der Waals surface area contributed by atoms with Crippen molar-refractivity contribution >= 4 is 15.9 Å². The summed E-state index contributed by atoms with van der Waals surface area (Å²) in [5.74, 6) is 0.742. The van der Waals surface area contributed by atoms with Crippen LogP contribution in [0.15, 0.2) is 45.5 Å². The molecule has 0 aliphatic rings. The zero-order valence-electron chi connectivity index (χ0n) is 9.25. The van der Waals surface area contributed by atoms with Crippen LogP contribution in [0.25, 0.3) is 0 Å². The summed E-state index contributed by atoms with van der Waals surface area (Å²) in [7, 11) is 0. The van der Waals surface area contributed by atoms with Gasteiger partial charge in [-0.25, -0.2) is 4.39 Å². The normalized spacial score (nSPS) is 10.7. The monoisotopic (exact) mass is 297 g/mol. The summed E-state index contributed by atoms with van der Waals surface area (Å²) in [6.07, 6.45) is 2.53. The van der Waals surface area contributed by atoms with Crippen molar-refractivity contribution in [3.8, 4) is 0 Å². The summed E-state index contributed by atoms with van der Waals surface area (Å²) in [5.41, 5.74) is 1.05. The van der Waals surface area contributed by atoms with Crippen LogP contribution < -0.4 is 5.32 Å². The number of furan rings is 1. The first kappa shape index (κ1) is 12.3. The van der Waals surface area contributed by atoms with E-state index in [0.29, 0.717) is 6.54 Å². The number of rotatable bonds is 5. The lowest BCUT2D eigenvalue weighted by atomic mass is 10.2. The Hall–Kier alpha value is -1.13. The van der Waals surface area contributed by atoms with E-state index in [9.17, 15) is 4.39 Å². The molecule has 0 aliphatic carbocycles. The van der Waals surface area contributed by atoms with Crippen LogP contribution in [0.5, 0.6) is 0 Å². The number of hydrogen-bond acceptors (Lipinski definition) is 2. The predicted octanol–water partition coefficient (Wildman–Crippen LogP) is 3.51. The van der Waals surface area contributed by atoms with Crippen molar-refractivity contribution in [3.63, 3.8) is 0 Å². The summed E-state index contributed by atoms with van der Waals surface area (Å²) in [6, 6.07) is 8.55. The quantitative estimate of drug-likeness (QED) is 0.855. The molecule has 2 aromatic rings. The van der Waals surface area contributed by atoms with E-state index in [1.165, 1.54) is 12.1 Å². The SMILES string of the molecule is Fc1ccc(CNCCc2ccco2)c(Br)c1. The zero-order valence-corrected chi connectivity index (χ0v) is 10.8. The first-order chi connectivity index (χ1) is 8.25.